The molecular weight excluding hydrogens is 464 g/mol. The molecule has 3 heterocycles. The summed E-state index contributed by atoms with van der Waals surface area (Å²) < 4.78 is 0. The zero-order valence-corrected chi connectivity index (χ0v) is 22.6. The Morgan fingerprint density at radius 1 is 1.08 bits per heavy atom. The van der Waals surface area contributed by atoms with E-state index in [0.29, 0.717) is 37.1 Å². The van der Waals surface area contributed by atoms with Crippen molar-refractivity contribution in [1.29, 1.82) is 5.26 Å². The Balaban J connectivity index is 1.17. The van der Waals surface area contributed by atoms with Gasteiger partial charge < -0.3 is 20.0 Å². The van der Waals surface area contributed by atoms with Crippen molar-refractivity contribution in [3.05, 3.63) is 47.8 Å². The van der Waals surface area contributed by atoms with E-state index in [9.17, 15) is 4.79 Å². The summed E-state index contributed by atoms with van der Waals surface area (Å²) in [6.07, 6.45) is 6.48. The molecule has 0 bridgehead atoms. The van der Waals surface area contributed by atoms with Crippen LogP contribution in [0.25, 0.3) is 0 Å². The van der Waals surface area contributed by atoms with Gasteiger partial charge in [0.2, 0.25) is 5.95 Å². The standard InChI is InChI=1S/C28H40N8O/c1-21-18-35(27-31-16-25(15-29)17-32-27)19-22(2)36(21)28(37)30-12-9-23-10-13-34(14-11-23)20-24-5-7-26(8-6-24)33(3)4/h5-8,16-17,21-23H,9-14,18-20H2,1-4H3,(H,30,37)/t21-,22+. The molecule has 2 fully saturated rings. The van der Waals surface area contributed by atoms with Crippen LogP contribution in [-0.4, -0.2) is 84.7 Å². The molecule has 2 atom stereocenters. The van der Waals surface area contributed by atoms with E-state index < -0.39 is 0 Å². The van der Waals surface area contributed by atoms with Gasteiger partial charge in [-0.1, -0.05) is 12.1 Å². The zero-order valence-electron chi connectivity index (χ0n) is 22.6. The van der Waals surface area contributed by atoms with Crippen molar-refractivity contribution in [2.45, 2.75) is 51.7 Å². The maximum absolute atomic E-state index is 13.0. The summed E-state index contributed by atoms with van der Waals surface area (Å²) in [6, 6.07) is 11.0. The minimum atomic E-state index is 0.0130. The van der Waals surface area contributed by atoms with Crippen molar-refractivity contribution in [3.8, 4) is 6.07 Å². The highest BCUT2D eigenvalue weighted by Gasteiger charge is 2.34. The van der Waals surface area contributed by atoms with Crippen LogP contribution in [0.1, 0.15) is 44.2 Å². The van der Waals surface area contributed by atoms with E-state index in [1.165, 1.54) is 24.1 Å². The van der Waals surface area contributed by atoms with Crippen LogP contribution in [0.2, 0.25) is 0 Å². The summed E-state index contributed by atoms with van der Waals surface area (Å²) in [5.74, 6) is 1.27. The number of nitrogens with zero attached hydrogens (tertiary/aromatic N) is 7. The topological polar surface area (TPSA) is 91.6 Å². The Bertz CT molecular complexity index is 1050. The predicted octanol–water partition coefficient (Wildman–Crippen LogP) is 3.33. The first-order valence-corrected chi connectivity index (χ1v) is 13.4. The second kappa shape index (κ2) is 12.2. The van der Waals surface area contributed by atoms with Crippen molar-refractivity contribution in [2.75, 3.05) is 56.6 Å². The number of nitriles is 1. The molecule has 4 rings (SSSR count). The lowest BCUT2D eigenvalue weighted by atomic mass is 9.93. The normalized spacial score (nSPS) is 20.9. The predicted molar refractivity (Wildman–Crippen MR) is 147 cm³/mol. The number of rotatable bonds is 7. The molecule has 0 saturated carbocycles. The number of piperazine rings is 1. The van der Waals surface area contributed by atoms with Gasteiger partial charge in [-0.2, -0.15) is 5.26 Å². The molecule has 1 N–H and O–H groups in total. The van der Waals surface area contributed by atoms with Crippen molar-refractivity contribution in [2.24, 2.45) is 5.92 Å². The molecule has 1 aromatic carbocycles. The Hall–Kier alpha value is -3.38. The smallest absolute Gasteiger partial charge is 0.318 e. The highest BCUT2D eigenvalue weighted by molar-refractivity contribution is 5.75. The van der Waals surface area contributed by atoms with Gasteiger partial charge in [-0.25, -0.2) is 14.8 Å². The summed E-state index contributed by atoms with van der Waals surface area (Å²) in [5.41, 5.74) is 3.05. The molecule has 2 aliphatic heterocycles. The molecule has 0 spiro atoms. The van der Waals surface area contributed by atoms with E-state index in [-0.39, 0.29) is 18.1 Å². The number of anilines is 2. The molecule has 2 aliphatic rings. The molecule has 2 amide bonds. The van der Waals surface area contributed by atoms with Gasteiger partial charge in [0, 0.05) is 58.0 Å². The van der Waals surface area contributed by atoms with Crippen molar-refractivity contribution >= 4 is 17.7 Å². The first kappa shape index (κ1) is 26.7. The average Bonchev–Trinajstić information content (AvgIpc) is 2.89. The van der Waals surface area contributed by atoms with Gasteiger partial charge in [0.1, 0.15) is 6.07 Å². The van der Waals surface area contributed by atoms with Crippen molar-refractivity contribution in [1.82, 2.24) is 25.1 Å². The number of hydrogen-bond donors (Lipinski definition) is 1. The zero-order chi connectivity index (χ0) is 26.4. The van der Waals surface area contributed by atoms with Crippen molar-refractivity contribution in [3.63, 3.8) is 0 Å². The molecule has 37 heavy (non-hydrogen) atoms. The number of urea groups is 1. The van der Waals surface area contributed by atoms with Gasteiger partial charge in [-0.3, -0.25) is 4.90 Å². The monoisotopic (exact) mass is 504 g/mol. The third kappa shape index (κ3) is 6.89. The SMILES string of the molecule is C[C@@H]1CN(c2ncc(C#N)cn2)C[C@H](C)N1C(=O)NCCC1CCN(Cc2ccc(N(C)C)cc2)CC1. The van der Waals surface area contributed by atoms with E-state index >= 15 is 0 Å². The van der Waals surface area contributed by atoms with Gasteiger partial charge in [0.05, 0.1) is 18.0 Å². The molecule has 0 aliphatic carbocycles. The summed E-state index contributed by atoms with van der Waals surface area (Å²) in [4.78, 5) is 30.4. The number of amides is 2. The molecule has 198 valence electrons. The van der Waals surface area contributed by atoms with E-state index in [4.69, 9.17) is 5.26 Å². The minimum Gasteiger partial charge on any atom is -0.378 e. The number of nitrogens with one attached hydrogen (secondary N) is 1. The number of likely N-dealkylation sites (tertiary alicyclic amines) is 1. The lowest BCUT2D eigenvalue weighted by Gasteiger charge is -2.44. The van der Waals surface area contributed by atoms with Crippen LogP contribution in [0.5, 0.6) is 0 Å². The van der Waals surface area contributed by atoms with Crippen LogP contribution in [0, 0.1) is 17.2 Å². The van der Waals surface area contributed by atoms with Gasteiger partial charge in [-0.15, -0.1) is 0 Å². The third-order valence-electron chi connectivity index (χ3n) is 7.60. The maximum Gasteiger partial charge on any atom is 0.318 e. The Morgan fingerprint density at radius 3 is 2.27 bits per heavy atom. The highest BCUT2D eigenvalue weighted by atomic mass is 16.2. The average molecular weight is 505 g/mol. The van der Waals surface area contributed by atoms with Crippen molar-refractivity contribution < 1.29 is 4.79 Å². The molecule has 0 radical (unpaired) electrons. The summed E-state index contributed by atoms with van der Waals surface area (Å²) in [6.45, 7) is 9.41. The number of benzene rings is 1. The Labute approximate surface area is 221 Å². The quantitative estimate of drug-likeness (QED) is 0.618. The fraction of sp³-hybridized carbons (Fsp3) is 0.571. The second-order valence-corrected chi connectivity index (χ2v) is 10.7. The number of aromatic nitrogens is 2. The van der Waals surface area contributed by atoms with Gasteiger partial charge in [0.15, 0.2) is 0 Å². The van der Waals surface area contributed by atoms with Crippen LogP contribution in [0.3, 0.4) is 0 Å². The van der Waals surface area contributed by atoms with E-state index in [1.807, 2.05) is 11.0 Å². The molecule has 2 aromatic rings. The number of carbonyl (C=O) groups excluding carboxylic acids is 1. The first-order valence-electron chi connectivity index (χ1n) is 13.4. The number of hydrogen-bond acceptors (Lipinski definition) is 7. The molecule has 2 saturated heterocycles. The molecule has 1 aromatic heterocycles. The second-order valence-electron chi connectivity index (χ2n) is 10.7. The molecule has 9 nitrogen and oxygen atoms in total. The third-order valence-corrected chi connectivity index (χ3v) is 7.60. The van der Waals surface area contributed by atoms with Crippen LogP contribution < -0.4 is 15.1 Å². The minimum absolute atomic E-state index is 0.0130. The molecule has 0 unspecified atom stereocenters. The van der Waals surface area contributed by atoms with E-state index in [0.717, 1.165) is 26.1 Å². The number of carbonyl (C=O) groups is 1. The van der Waals surface area contributed by atoms with Gasteiger partial charge in [-0.05, 0) is 69.8 Å². The Morgan fingerprint density at radius 2 is 1.70 bits per heavy atom. The lowest BCUT2D eigenvalue weighted by Crippen LogP contribution is -2.61. The largest absolute Gasteiger partial charge is 0.378 e. The summed E-state index contributed by atoms with van der Waals surface area (Å²) in [5, 5.41) is 12.1. The fourth-order valence-corrected chi connectivity index (χ4v) is 5.49. The summed E-state index contributed by atoms with van der Waals surface area (Å²) in [7, 11) is 4.14. The van der Waals surface area contributed by atoms with Crippen LogP contribution >= 0.6 is 0 Å². The summed E-state index contributed by atoms with van der Waals surface area (Å²) >= 11 is 0. The fourth-order valence-electron chi connectivity index (χ4n) is 5.49. The molecule has 9 heteroatoms. The maximum atomic E-state index is 13.0. The van der Waals surface area contributed by atoms with Gasteiger partial charge in [0.25, 0.3) is 0 Å². The lowest BCUT2D eigenvalue weighted by molar-refractivity contribution is 0.139. The van der Waals surface area contributed by atoms with Gasteiger partial charge >= 0.3 is 6.03 Å². The molecular formula is C28H40N8O. The van der Waals surface area contributed by atoms with E-state index in [2.05, 4.69) is 82.2 Å². The van der Waals surface area contributed by atoms with Crippen LogP contribution in [-0.2, 0) is 6.54 Å². The Kier molecular flexibility index (Phi) is 8.82. The number of piperidine rings is 1. The van der Waals surface area contributed by atoms with Crippen LogP contribution in [0.4, 0.5) is 16.4 Å². The van der Waals surface area contributed by atoms with E-state index in [1.54, 1.807) is 12.4 Å². The van der Waals surface area contributed by atoms with Crippen LogP contribution in [0.15, 0.2) is 36.7 Å². The first-order chi connectivity index (χ1) is 17.8. The highest BCUT2D eigenvalue weighted by Crippen LogP contribution is 2.23.